The van der Waals surface area contributed by atoms with Crippen molar-refractivity contribution in [1.82, 2.24) is 4.90 Å². The minimum absolute atomic E-state index is 0.231. The summed E-state index contributed by atoms with van der Waals surface area (Å²) in [4.78, 5) is 15.4. The maximum absolute atomic E-state index is 12.3. The van der Waals surface area contributed by atoms with Gasteiger partial charge < -0.3 is 10.6 Å². The van der Waals surface area contributed by atoms with Gasteiger partial charge in [-0.05, 0) is 62.3 Å². The number of nitrogen functional groups attached to an aromatic ring is 1. The molecule has 0 unspecified atom stereocenters. The molecule has 0 radical (unpaired) electrons. The second-order valence-corrected chi connectivity index (χ2v) is 7.27. The minimum Gasteiger partial charge on any atom is -0.399 e. The molecule has 1 saturated carbocycles. The summed E-state index contributed by atoms with van der Waals surface area (Å²) in [5.74, 6) is 1.55. The van der Waals surface area contributed by atoms with Crippen LogP contribution in [-0.4, -0.2) is 29.6 Å². The zero-order valence-electron chi connectivity index (χ0n) is 13.3. The van der Waals surface area contributed by atoms with Crippen LogP contribution in [0.4, 0.5) is 5.69 Å². The molecule has 0 aromatic heterocycles. The van der Waals surface area contributed by atoms with E-state index in [1.165, 1.54) is 12.8 Å². The maximum Gasteiger partial charge on any atom is 0.232 e. The Morgan fingerprint density at radius 2 is 2.00 bits per heavy atom. The van der Waals surface area contributed by atoms with E-state index < -0.39 is 0 Å². The number of rotatable bonds is 4. The first-order chi connectivity index (χ1) is 9.97. The lowest BCUT2D eigenvalue weighted by Gasteiger charge is -2.33. The van der Waals surface area contributed by atoms with Crippen molar-refractivity contribution in [3.05, 3.63) is 23.8 Å². The summed E-state index contributed by atoms with van der Waals surface area (Å²) in [6.45, 7) is 4.30. The molecule has 1 aromatic carbocycles. The van der Waals surface area contributed by atoms with Gasteiger partial charge in [0.2, 0.25) is 5.91 Å². The number of carbonyl (C=O) groups is 1. The number of benzene rings is 1. The molecule has 0 spiro atoms. The SMILES string of the molecule is Cc1cc(SCC(=O)N(C)C2CCC(C)CC2)ccc1N. The van der Waals surface area contributed by atoms with Crippen LogP contribution in [0.5, 0.6) is 0 Å². The minimum atomic E-state index is 0.231. The van der Waals surface area contributed by atoms with Crippen molar-refractivity contribution < 1.29 is 4.79 Å². The molecule has 1 aliphatic carbocycles. The van der Waals surface area contributed by atoms with Gasteiger partial charge in [-0.15, -0.1) is 11.8 Å². The van der Waals surface area contributed by atoms with Crippen molar-refractivity contribution in [2.45, 2.75) is 50.5 Å². The Balaban J connectivity index is 1.84. The topological polar surface area (TPSA) is 46.3 Å². The number of nitrogens with zero attached hydrogens (tertiary/aromatic N) is 1. The largest absolute Gasteiger partial charge is 0.399 e. The van der Waals surface area contributed by atoms with Gasteiger partial charge in [0, 0.05) is 23.7 Å². The van der Waals surface area contributed by atoms with Crippen LogP contribution < -0.4 is 5.73 Å². The van der Waals surface area contributed by atoms with E-state index in [1.54, 1.807) is 11.8 Å². The predicted molar refractivity (Wildman–Crippen MR) is 90.5 cm³/mol. The van der Waals surface area contributed by atoms with E-state index in [4.69, 9.17) is 5.73 Å². The fourth-order valence-electron chi connectivity index (χ4n) is 2.82. The van der Waals surface area contributed by atoms with Gasteiger partial charge in [0.25, 0.3) is 0 Å². The molecule has 2 rings (SSSR count). The number of aryl methyl sites for hydroxylation is 1. The Morgan fingerprint density at radius 3 is 2.62 bits per heavy atom. The molecule has 0 heterocycles. The molecule has 0 atom stereocenters. The first-order valence-corrected chi connectivity index (χ1v) is 8.70. The van der Waals surface area contributed by atoms with Gasteiger partial charge in [-0.2, -0.15) is 0 Å². The van der Waals surface area contributed by atoms with Gasteiger partial charge in [-0.1, -0.05) is 6.92 Å². The molecular weight excluding hydrogens is 280 g/mol. The van der Waals surface area contributed by atoms with Gasteiger partial charge in [0.15, 0.2) is 0 Å². The van der Waals surface area contributed by atoms with Crippen molar-refractivity contribution in [3.8, 4) is 0 Å². The van der Waals surface area contributed by atoms with Crippen LogP contribution >= 0.6 is 11.8 Å². The molecule has 116 valence electrons. The van der Waals surface area contributed by atoms with Crippen LogP contribution in [0.15, 0.2) is 23.1 Å². The lowest BCUT2D eigenvalue weighted by Crippen LogP contribution is -2.40. The monoisotopic (exact) mass is 306 g/mol. The Hall–Kier alpha value is -1.16. The molecule has 21 heavy (non-hydrogen) atoms. The van der Waals surface area contributed by atoms with Crippen molar-refractivity contribution in [2.24, 2.45) is 5.92 Å². The van der Waals surface area contributed by atoms with E-state index in [0.29, 0.717) is 11.8 Å². The fraction of sp³-hybridized carbons (Fsp3) is 0.588. The van der Waals surface area contributed by atoms with E-state index in [0.717, 1.165) is 34.9 Å². The molecule has 0 saturated heterocycles. The highest BCUT2D eigenvalue weighted by atomic mass is 32.2. The second kappa shape index (κ2) is 7.21. The Kier molecular flexibility index (Phi) is 5.57. The molecule has 2 N–H and O–H groups in total. The average Bonchev–Trinajstić information content (AvgIpc) is 2.48. The van der Waals surface area contributed by atoms with Gasteiger partial charge in [-0.25, -0.2) is 0 Å². The van der Waals surface area contributed by atoms with Crippen molar-refractivity contribution >= 4 is 23.4 Å². The zero-order chi connectivity index (χ0) is 15.4. The predicted octanol–water partition coefficient (Wildman–Crippen LogP) is 3.71. The van der Waals surface area contributed by atoms with Crippen molar-refractivity contribution in [3.63, 3.8) is 0 Å². The Labute approximate surface area is 132 Å². The molecule has 1 fully saturated rings. The standard InChI is InChI=1S/C17H26N2OS/c1-12-4-6-14(7-5-12)19(3)17(20)11-21-15-8-9-16(18)13(2)10-15/h8-10,12,14H,4-7,11,18H2,1-3H3. The summed E-state index contributed by atoms with van der Waals surface area (Å²) in [5.41, 5.74) is 7.69. The van der Waals surface area contributed by atoms with Crippen LogP contribution in [-0.2, 0) is 4.79 Å². The lowest BCUT2D eigenvalue weighted by molar-refractivity contribution is -0.129. The van der Waals surface area contributed by atoms with Crippen LogP contribution in [0.25, 0.3) is 0 Å². The van der Waals surface area contributed by atoms with Gasteiger partial charge >= 0.3 is 0 Å². The highest BCUT2D eigenvalue weighted by molar-refractivity contribution is 8.00. The number of amides is 1. The summed E-state index contributed by atoms with van der Waals surface area (Å²) in [6.07, 6.45) is 4.78. The maximum atomic E-state index is 12.3. The molecule has 3 nitrogen and oxygen atoms in total. The third kappa shape index (κ3) is 4.40. The Bertz CT molecular complexity index is 496. The summed E-state index contributed by atoms with van der Waals surface area (Å²) >= 11 is 1.60. The van der Waals surface area contributed by atoms with Crippen molar-refractivity contribution in [1.29, 1.82) is 0 Å². The van der Waals surface area contributed by atoms with E-state index in [2.05, 4.69) is 13.0 Å². The summed E-state index contributed by atoms with van der Waals surface area (Å²) in [6, 6.07) is 6.38. The summed E-state index contributed by atoms with van der Waals surface area (Å²) < 4.78 is 0. The number of hydrogen-bond acceptors (Lipinski definition) is 3. The number of thioether (sulfide) groups is 1. The quantitative estimate of drug-likeness (QED) is 0.681. The van der Waals surface area contributed by atoms with Crippen molar-refractivity contribution in [2.75, 3.05) is 18.5 Å². The van der Waals surface area contributed by atoms with E-state index in [9.17, 15) is 4.79 Å². The van der Waals surface area contributed by atoms with Crippen LogP contribution in [0.3, 0.4) is 0 Å². The fourth-order valence-corrected chi connectivity index (χ4v) is 3.74. The van der Waals surface area contributed by atoms with E-state index in [-0.39, 0.29) is 5.91 Å². The van der Waals surface area contributed by atoms with Crippen LogP contribution in [0.1, 0.15) is 38.2 Å². The third-order valence-corrected chi connectivity index (χ3v) is 5.51. The number of anilines is 1. The molecule has 1 aromatic rings. The number of nitrogens with two attached hydrogens (primary N) is 1. The van der Waals surface area contributed by atoms with Crippen LogP contribution in [0.2, 0.25) is 0 Å². The van der Waals surface area contributed by atoms with E-state index >= 15 is 0 Å². The smallest absolute Gasteiger partial charge is 0.232 e. The van der Waals surface area contributed by atoms with Gasteiger partial charge in [0.1, 0.15) is 0 Å². The number of hydrogen-bond donors (Lipinski definition) is 1. The summed E-state index contributed by atoms with van der Waals surface area (Å²) in [5, 5.41) is 0. The first kappa shape index (κ1) is 16.2. The molecule has 4 heteroatoms. The highest BCUT2D eigenvalue weighted by Crippen LogP contribution is 2.28. The summed E-state index contributed by atoms with van der Waals surface area (Å²) in [7, 11) is 1.96. The normalized spacial score (nSPS) is 22.0. The lowest BCUT2D eigenvalue weighted by atomic mass is 9.87. The number of carbonyl (C=O) groups excluding carboxylic acids is 1. The molecule has 1 aliphatic rings. The Morgan fingerprint density at radius 1 is 1.33 bits per heavy atom. The molecular formula is C17H26N2OS. The highest BCUT2D eigenvalue weighted by Gasteiger charge is 2.24. The average molecular weight is 306 g/mol. The molecule has 1 amide bonds. The zero-order valence-corrected chi connectivity index (χ0v) is 14.1. The van der Waals surface area contributed by atoms with Gasteiger partial charge in [0.05, 0.1) is 5.75 Å². The first-order valence-electron chi connectivity index (χ1n) is 7.72. The third-order valence-electron chi connectivity index (χ3n) is 4.53. The van der Waals surface area contributed by atoms with Crippen LogP contribution in [0, 0.1) is 12.8 Å². The van der Waals surface area contributed by atoms with E-state index in [1.807, 2.05) is 31.0 Å². The molecule has 0 aliphatic heterocycles. The molecule has 0 bridgehead atoms. The van der Waals surface area contributed by atoms with Gasteiger partial charge in [-0.3, -0.25) is 4.79 Å². The second-order valence-electron chi connectivity index (χ2n) is 6.23.